The van der Waals surface area contributed by atoms with Crippen LogP contribution in [0.25, 0.3) is 4.96 Å². The zero-order valence-electron chi connectivity index (χ0n) is 17.4. The van der Waals surface area contributed by atoms with E-state index in [2.05, 4.69) is 15.3 Å². The molecule has 3 aromatic heterocycles. The molecule has 0 saturated carbocycles. The molecule has 1 N–H and O–H groups in total. The number of nitrogens with one attached hydrogen (secondary N) is 1. The summed E-state index contributed by atoms with van der Waals surface area (Å²) in [5, 5.41) is 4.88. The standard InChI is InChI=1S/C22H16N4O6S2/c27-18(24-13-3-4-16-17(8-13)32-12-31-16)11-34-20-15(2-1-5-23-20)21(29)30-10-14-9-19(28)26-6-7-33-22(26)25-14/h1-9H,10-12H2,(H,24,27). The van der Waals surface area contributed by atoms with Gasteiger partial charge >= 0.3 is 5.97 Å². The van der Waals surface area contributed by atoms with Crippen LogP contribution >= 0.6 is 23.1 Å². The highest BCUT2D eigenvalue weighted by molar-refractivity contribution is 8.00. The molecular weight excluding hydrogens is 480 g/mol. The normalized spacial score (nSPS) is 12.0. The summed E-state index contributed by atoms with van der Waals surface area (Å²) >= 11 is 2.42. The third kappa shape index (κ3) is 4.72. The molecule has 0 fully saturated rings. The lowest BCUT2D eigenvalue weighted by Gasteiger charge is -2.09. The van der Waals surface area contributed by atoms with E-state index in [0.29, 0.717) is 32.9 Å². The highest BCUT2D eigenvalue weighted by Crippen LogP contribution is 2.34. The van der Waals surface area contributed by atoms with E-state index in [-0.39, 0.29) is 36.2 Å². The predicted molar refractivity (Wildman–Crippen MR) is 125 cm³/mol. The van der Waals surface area contributed by atoms with E-state index in [1.54, 1.807) is 41.9 Å². The Kier molecular flexibility index (Phi) is 6.14. The van der Waals surface area contributed by atoms with Crippen LogP contribution in [0.2, 0.25) is 0 Å². The predicted octanol–water partition coefficient (Wildman–Crippen LogP) is 2.97. The van der Waals surface area contributed by atoms with Crippen molar-refractivity contribution in [3.05, 3.63) is 75.8 Å². The summed E-state index contributed by atoms with van der Waals surface area (Å²) in [6.45, 7) is -0.0110. The number of aromatic nitrogens is 3. The van der Waals surface area contributed by atoms with Gasteiger partial charge in [-0.2, -0.15) is 0 Å². The molecule has 1 aromatic carbocycles. The molecule has 1 amide bonds. The molecule has 0 radical (unpaired) electrons. The molecule has 0 unspecified atom stereocenters. The summed E-state index contributed by atoms with van der Waals surface area (Å²) in [6.07, 6.45) is 3.16. The molecule has 172 valence electrons. The molecule has 4 heterocycles. The van der Waals surface area contributed by atoms with Gasteiger partial charge in [-0.3, -0.25) is 14.0 Å². The van der Waals surface area contributed by atoms with E-state index in [1.807, 2.05) is 0 Å². The monoisotopic (exact) mass is 496 g/mol. The van der Waals surface area contributed by atoms with E-state index in [1.165, 1.54) is 28.0 Å². The van der Waals surface area contributed by atoms with Gasteiger partial charge in [0.15, 0.2) is 16.5 Å². The zero-order valence-corrected chi connectivity index (χ0v) is 19.1. The van der Waals surface area contributed by atoms with Gasteiger partial charge in [0, 0.05) is 35.6 Å². The number of anilines is 1. The minimum atomic E-state index is -0.625. The number of benzene rings is 1. The summed E-state index contributed by atoms with van der Waals surface area (Å²) in [7, 11) is 0. The summed E-state index contributed by atoms with van der Waals surface area (Å²) in [5.74, 6) is 0.317. The van der Waals surface area contributed by atoms with E-state index in [4.69, 9.17) is 14.2 Å². The number of thiazole rings is 1. The Hall–Kier alpha value is -3.90. The van der Waals surface area contributed by atoms with Gasteiger partial charge in [-0.15, -0.1) is 11.3 Å². The van der Waals surface area contributed by atoms with E-state index < -0.39 is 5.97 Å². The maximum absolute atomic E-state index is 12.7. The molecule has 0 atom stereocenters. The average Bonchev–Trinajstić information content (AvgIpc) is 3.51. The Morgan fingerprint density at radius 2 is 2.09 bits per heavy atom. The van der Waals surface area contributed by atoms with Crippen molar-refractivity contribution in [2.75, 3.05) is 17.9 Å². The topological polar surface area (TPSA) is 121 Å². The molecule has 4 aromatic rings. The van der Waals surface area contributed by atoms with Crippen LogP contribution in [0.15, 0.2) is 64.0 Å². The van der Waals surface area contributed by atoms with Crippen LogP contribution in [0.4, 0.5) is 5.69 Å². The number of ether oxygens (including phenoxy) is 3. The first-order chi connectivity index (χ1) is 16.6. The smallest absolute Gasteiger partial charge is 0.341 e. The van der Waals surface area contributed by atoms with Crippen molar-refractivity contribution in [3.63, 3.8) is 0 Å². The lowest BCUT2D eigenvalue weighted by molar-refractivity contribution is -0.113. The summed E-state index contributed by atoms with van der Waals surface area (Å²) in [5.41, 5.74) is 0.893. The zero-order chi connectivity index (χ0) is 23.5. The summed E-state index contributed by atoms with van der Waals surface area (Å²) in [4.78, 5) is 46.2. The molecule has 10 nitrogen and oxygen atoms in total. The van der Waals surface area contributed by atoms with Gasteiger partial charge in [-0.25, -0.2) is 14.8 Å². The van der Waals surface area contributed by atoms with Crippen LogP contribution in [0, 0.1) is 0 Å². The molecule has 0 aliphatic carbocycles. The fraction of sp³-hybridized carbons (Fsp3) is 0.136. The van der Waals surface area contributed by atoms with Crippen LogP contribution in [-0.4, -0.2) is 38.8 Å². The Morgan fingerprint density at radius 1 is 1.21 bits per heavy atom. The largest absolute Gasteiger partial charge is 0.456 e. The first-order valence-electron chi connectivity index (χ1n) is 9.97. The van der Waals surface area contributed by atoms with Crippen molar-refractivity contribution in [2.45, 2.75) is 11.6 Å². The van der Waals surface area contributed by atoms with Gasteiger partial charge in [0.2, 0.25) is 12.7 Å². The minimum absolute atomic E-state index is 0.0269. The van der Waals surface area contributed by atoms with Gasteiger partial charge in [0.05, 0.1) is 17.0 Å². The molecular formula is C22H16N4O6S2. The number of thioether (sulfide) groups is 1. The summed E-state index contributed by atoms with van der Waals surface area (Å²) in [6, 6.07) is 9.62. The van der Waals surface area contributed by atoms with Crippen LogP contribution in [0.5, 0.6) is 11.5 Å². The van der Waals surface area contributed by atoms with Crippen molar-refractivity contribution >= 4 is 45.6 Å². The van der Waals surface area contributed by atoms with Crippen molar-refractivity contribution < 1.29 is 23.8 Å². The molecule has 0 bridgehead atoms. The second-order valence-corrected chi connectivity index (χ2v) is 8.82. The van der Waals surface area contributed by atoms with Gasteiger partial charge in [-0.1, -0.05) is 11.8 Å². The third-order valence-corrected chi connectivity index (χ3v) is 6.46. The molecule has 0 saturated heterocycles. The second-order valence-electron chi connectivity index (χ2n) is 6.98. The molecule has 1 aliphatic heterocycles. The first kappa shape index (κ1) is 21.9. The Morgan fingerprint density at radius 3 is 3.00 bits per heavy atom. The lowest BCUT2D eigenvalue weighted by Crippen LogP contribution is -2.16. The van der Waals surface area contributed by atoms with Crippen LogP contribution in [-0.2, 0) is 16.1 Å². The van der Waals surface area contributed by atoms with Crippen molar-refractivity contribution in [1.82, 2.24) is 14.4 Å². The molecule has 0 spiro atoms. The summed E-state index contributed by atoms with van der Waals surface area (Å²) < 4.78 is 17.3. The van der Waals surface area contributed by atoms with Crippen molar-refractivity contribution in [3.8, 4) is 11.5 Å². The number of hydrogen-bond donors (Lipinski definition) is 1. The fourth-order valence-corrected chi connectivity index (χ4v) is 4.67. The Labute approximate surface area is 200 Å². The van der Waals surface area contributed by atoms with Crippen LogP contribution < -0.4 is 20.3 Å². The molecule has 1 aliphatic rings. The van der Waals surface area contributed by atoms with Crippen molar-refractivity contribution in [1.29, 1.82) is 0 Å². The number of carbonyl (C=O) groups excluding carboxylic acids is 2. The third-order valence-electron chi connectivity index (χ3n) is 4.69. The SMILES string of the molecule is O=C(CSc1ncccc1C(=O)OCc1cc(=O)n2ccsc2n1)Nc1ccc2c(c1)OCO2. The molecule has 34 heavy (non-hydrogen) atoms. The quantitative estimate of drug-likeness (QED) is 0.304. The number of fused-ring (bicyclic) bond motifs is 2. The number of nitrogens with zero attached hydrogens (tertiary/aromatic N) is 3. The average molecular weight is 497 g/mol. The highest BCUT2D eigenvalue weighted by Gasteiger charge is 2.18. The van der Waals surface area contributed by atoms with Crippen LogP contribution in [0.3, 0.4) is 0 Å². The lowest BCUT2D eigenvalue weighted by atomic mass is 10.3. The fourth-order valence-electron chi connectivity index (χ4n) is 3.15. The number of pyridine rings is 1. The highest BCUT2D eigenvalue weighted by atomic mass is 32.2. The van der Waals surface area contributed by atoms with Crippen molar-refractivity contribution in [2.24, 2.45) is 0 Å². The van der Waals surface area contributed by atoms with E-state index in [0.717, 1.165) is 11.8 Å². The number of amides is 1. The number of hydrogen-bond acceptors (Lipinski definition) is 10. The Bertz CT molecular complexity index is 1450. The second kappa shape index (κ2) is 9.53. The van der Waals surface area contributed by atoms with E-state index >= 15 is 0 Å². The Balaban J connectivity index is 1.20. The maximum atomic E-state index is 12.7. The van der Waals surface area contributed by atoms with Gasteiger partial charge in [0.25, 0.3) is 5.56 Å². The van der Waals surface area contributed by atoms with E-state index in [9.17, 15) is 14.4 Å². The maximum Gasteiger partial charge on any atom is 0.341 e. The number of carbonyl (C=O) groups is 2. The molecule has 12 heteroatoms. The van der Waals surface area contributed by atoms with Gasteiger partial charge in [0.1, 0.15) is 11.6 Å². The van der Waals surface area contributed by atoms with Gasteiger partial charge < -0.3 is 19.5 Å². The number of rotatable bonds is 7. The van der Waals surface area contributed by atoms with Gasteiger partial charge in [-0.05, 0) is 24.3 Å². The molecule has 5 rings (SSSR count). The number of esters is 1. The first-order valence-corrected chi connectivity index (χ1v) is 11.8. The minimum Gasteiger partial charge on any atom is -0.456 e. The van der Waals surface area contributed by atoms with Crippen LogP contribution in [0.1, 0.15) is 16.1 Å².